The van der Waals surface area contributed by atoms with Gasteiger partial charge in [0.05, 0.1) is 5.41 Å². The molecule has 0 radical (unpaired) electrons. The zero-order chi connectivity index (χ0) is 11.6. The summed E-state index contributed by atoms with van der Waals surface area (Å²) in [6.07, 6.45) is 5.73. The van der Waals surface area contributed by atoms with E-state index in [4.69, 9.17) is 11.6 Å². The van der Waals surface area contributed by atoms with E-state index in [0.29, 0.717) is 11.6 Å². The molecule has 1 aromatic rings. The number of carbonyl (C=O) groups is 1. The lowest BCUT2D eigenvalue weighted by Gasteiger charge is -2.23. The predicted octanol–water partition coefficient (Wildman–Crippen LogP) is 2.92. The van der Waals surface area contributed by atoms with Crippen molar-refractivity contribution < 1.29 is 9.90 Å². The van der Waals surface area contributed by atoms with E-state index in [-0.39, 0.29) is 0 Å². The van der Waals surface area contributed by atoms with Gasteiger partial charge in [-0.2, -0.15) is 0 Å². The Bertz CT molecular complexity index is 400. The number of nitrogens with zero attached hydrogens (tertiary/aromatic N) is 1. The van der Waals surface area contributed by atoms with E-state index >= 15 is 0 Å². The summed E-state index contributed by atoms with van der Waals surface area (Å²) in [5.74, 6) is -0.682. The van der Waals surface area contributed by atoms with Crippen molar-refractivity contribution in [1.82, 2.24) is 4.98 Å². The zero-order valence-corrected chi connectivity index (χ0v) is 9.70. The van der Waals surface area contributed by atoms with Gasteiger partial charge in [0.2, 0.25) is 0 Å². The SMILES string of the molecule is O=C(O)C1(Cc2ccnc(Cl)c2)CCCC1. The van der Waals surface area contributed by atoms with E-state index in [1.54, 1.807) is 12.3 Å². The zero-order valence-electron chi connectivity index (χ0n) is 8.95. The number of hydrogen-bond donors (Lipinski definition) is 1. The fourth-order valence-corrected chi connectivity index (χ4v) is 2.66. The summed E-state index contributed by atoms with van der Waals surface area (Å²) >= 11 is 5.80. The van der Waals surface area contributed by atoms with Crippen LogP contribution in [-0.4, -0.2) is 16.1 Å². The van der Waals surface area contributed by atoms with Gasteiger partial charge in [0.15, 0.2) is 0 Å². The Morgan fingerprint density at radius 1 is 1.50 bits per heavy atom. The largest absolute Gasteiger partial charge is 0.481 e. The molecule has 1 aromatic heterocycles. The van der Waals surface area contributed by atoms with E-state index in [1.165, 1.54) is 0 Å². The van der Waals surface area contributed by atoms with Crippen molar-refractivity contribution in [1.29, 1.82) is 0 Å². The van der Waals surface area contributed by atoms with Crippen LogP contribution in [0.4, 0.5) is 0 Å². The van der Waals surface area contributed by atoms with Gasteiger partial charge in [-0.1, -0.05) is 24.4 Å². The molecule has 1 N–H and O–H groups in total. The van der Waals surface area contributed by atoms with Crippen LogP contribution in [0.5, 0.6) is 0 Å². The van der Waals surface area contributed by atoms with Crippen molar-refractivity contribution >= 4 is 17.6 Å². The molecule has 0 spiro atoms. The summed E-state index contributed by atoms with van der Waals surface area (Å²) in [5.41, 5.74) is 0.384. The second-order valence-corrected chi connectivity index (χ2v) is 4.84. The Kier molecular flexibility index (Phi) is 3.15. The van der Waals surface area contributed by atoms with Crippen LogP contribution in [0.2, 0.25) is 5.15 Å². The van der Waals surface area contributed by atoms with Gasteiger partial charge in [0.25, 0.3) is 0 Å². The summed E-state index contributed by atoms with van der Waals surface area (Å²) in [6, 6.07) is 3.60. The molecule has 0 aromatic carbocycles. The molecular formula is C12H14ClNO2. The molecule has 0 atom stereocenters. The van der Waals surface area contributed by atoms with Crippen LogP contribution in [0.3, 0.4) is 0 Å². The molecule has 1 saturated carbocycles. The van der Waals surface area contributed by atoms with Gasteiger partial charge in [-0.3, -0.25) is 4.79 Å². The number of carboxylic acids is 1. The number of hydrogen-bond acceptors (Lipinski definition) is 2. The summed E-state index contributed by atoms with van der Waals surface area (Å²) in [4.78, 5) is 15.3. The van der Waals surface area contributed by atoms with E-state index in [0.717, 1.165) is 31.2 Å². The molecule has 86 valence electrons. The number of halogens is 1. The molecule has 4 heteroatoms. The standard InChI is InChI=1S/C12H14ClNO2/c13-10-7-9(3-6-14-10)8-12(11(15)16)4-1-2-5-12/h3,6-7H,1-2,4-5,8H2,(H,15,16). The highest BCUT2D eigenvalue weighted by Crippen LogP contribution is 2.41. The lowest BCUT2D eigenvalue weighted by molar-refractivity contribution is -0.148. The maximum absolute atomic E-state index is 11.4. The first-order valence-corrected chi connectivity index (χ1v) is 5.84. The van der Waals surface area contributed by atoms with Crippen LogP contribution in [0.25, 0.3) is 0 Å². The third-order valence-electron chi connectivity index (χ3n) is 3.35. The average Bonchev–Trinajstić information content (AvgIpc) is 2.67. The van der Waals surface area contributed by atoms with Crippen LogP contribution < -0.4 is 0 Å². The first-order chi connectivity index (χ1) is 7.62. The molecule has 1 aliphatic rings. The quantitative estimate of drug-likeness (QED) is 0.826. The van der Waals surface area contributed by atoms with E-state index in [1.807, 2.05) is 6.07 Å². The van der Waals surface area contributed by atoms with E-state index < -0.39 is 11.4 Å². The monoisotopic (exact) mass is 239 g/mol. The minimum atomic E-state index is -0.682. The third-order valence-corrected chi connectivity index (χ3v) is 3.55. The Hall–Kier alpha value is -1.09. The molecule has 1 fully saturated rings. The van der Waals surface area contributed by atoms with Crippen LogP contribution >= 0.6 is 11.6 Å². The summed E-state index contributed by atoms with van der Waals surface area (Å²) in [7, 11) is 0. The molecule has 1 heterocycles. The molecule has 0 saturated heterocycles. The van der Waals surface area contributed by atoms with Crippen LogP contribution in [0, 0.1) is 5.41 Å². The second-order valence-electron chi connectivity index (χ2n) is 4.46. The van der Waals surface area contributed by atoms with E-state index in [2.05, 4.69) is 4.98 Å². The van der Waals surface area contributed by atoms with Gasteiger partial charge in [0, 0.05) is 6.20 Å². The van der Waals surface area contributed by atoms with Gasteiger partial charge in [-0.05, 0) is 37.0 Å². The van der Waals surface area contributed by atoms with Gasteiger partial charge < -0.3 is 5.11 Å². The molecule has 0 amide bonds. The van der Waals surface area contributed by atoms with Crippen LogP contribution in [0.15, 0.2) is 18.3 Å². The minimum absolute atomic E-state index is 0.427. The minimum Gasteiger partial charge on any atom is -0.481 e. The van der Waals surface area contributed by atoms with Gasteiger partial charge >= 0.3 is 5.97 Å². The summed E-state index contributed by atoms with van der Waals surface area (Å²) in [6.45, 7) is 0. The second kappa shape index (κ2) is 4.42. The topological polar surface area (TPSA) is 50.2 Å². The number of aromatic nitrogens is 1. The molecule has 0 aliphatic heterocycles. The Morgan fingerprint density at radius 3 is 2.75 bits per heavy atom. The van der Waals surface area contributed by atoms with E-state index in [9.17, 15) is 9.90 Å². The number of aliphatic carboxylic acids is 1. The molecule has 1 aliphatic carbocycles. The highest BCUT2D eigenvalue weighted by molar-refractivity contribution is 6.29. The first-order valence-electron chi connectivity index (χ1n) is 5.46. The number of pyridine rings is 1. The Balaban J connectivity index is 2.21. The van der Waals surface area contributed by atoms with Crippen molar-refractivity contribution in [2.24, 2.45) is 5.41 Å². The molecule has 3 nitrogen and oxygen atoms in total. The fraction of sp³-hybridized carbons (Fsp3) is 0.500. The predicted molar refractivity (Wildman–Crippen MR) is 61.5 cm³/mol. The Morgan fingerprint density at radius 2 is 2.19 bits per heavy atom. The van der Waals surface area contributed by atoms with Gasteiger partial charge in [-0.25, -0.2) is 4.98 Å². The Labute approximate surface area is 99.5 Å². The third kappa shape index (κ3) is 2.19. The summed E-state index contributed by atoms with van der Waals surface area (Å²) in [5, 5.41) is 9.77. The maximum Gasteiger partial charge on any atom is 0.309 e. The lowest BCUT2D eigenvalue weighted by Crippen LogP contribution is -2.30. The van der Waals surface area contributed by atoms with Crippen molar-refractivity contribution in [3.63, 3.8) is 0 Å². The summed E-state index contributed by atoms with van der Waals surface area (Å²) < 4.78 is 0. The molecule has 0 bridgehead atoms. The molecule has 16 heavy (non-hydrogen) atoms. The first kappa shape index (κ1) is 11.4. The number of rotatable bonds is 3. The maximum atomic E-state index is 11.4. The lowest BCUT2D eigenvalue weighted by atomic mass is 9.80. The van der Waals surface area contributed by atoms with Gasteiger partial charge in [-0.15, -0.1) is 0 Å². The highest BCUT2D eigenvalue weighted by Gasteiger charge is 2.41. The van der Waals surface area contributed by atoms with Crippen molar-refractivity contribution in [2.45, 2.75) is 32.1 Å². The van der Waals surface area contributed by atoms with Gasteiger partial charge in [0.1, 0.15) is 5.15 Å². The normalized spacial score (nSPS) is 18.6. The molecule has 0 unspecified atom stereocenters. The smallest absolute Gasteiger partial charge is 0.309 e. The van der Waals surface area contributed by atoms with Crippen LogP contribution in [0.1, 0.15) is 31.2 Å². The van der Waals surface area contributed by atoms with Crippen molar-refractivity contribution in [3.8, 4) is 0 Å². The molecule has 2 rings (SSSR count). The average molecular weight is 240 g/mol. The number of carboxylic acid groups (broad SMARTS) is 1. The molecular weight excluding hydrogens is 226 g/mol. The van der Waals surface area contributed by atoms with Crippen molar-refractivity contribution in [3.05, 3.63) is 29.0 Å². The van der Waals surface area contributed by atoms with Crippen molar-refractivity contribution in [2.75, 3.05) is 0 Å². The van der Waals surface area contributed by atoms with Crippen LogP contribution in [-0.2, 0) is 11.2 Å². The highest BCUT2D eigenvalue weighted by atomic mass is 35.5. The fourth-order valence-electron chi connectivity index (χ4n) is 2.46.